The lowest BCUT2D eigenvalue weighted by Gasteiger charge is -2.08. The SMILES string of the molecule is COCO[C@H](C)CC(=O)O. The summed E-state index contributed by atoms with van der Waals surface area (Å²) in [5.41, 5.74) is 0. The van der Waals surface area contributed by atoms with E-state index in [1.165, 1.54) is 7.11 Å². The van der Waals surface area contributed by atoms with Crippen molar-refractivity contribution in [3.8, 4) is 0 Å². The molecule has 0 aliphatic carbocycles. The summed E-state index contributed by atoms with van der Waals surface area (Å²) in [6.45, 7) is 1.83. The topological polar surface area (TPSA) is 55.8 Å². The predicted molar refractivity (Wildman–Crippen MR) is 34.7 cm³/mol. The minimum absolute atomic E-state index is 0.0172. The molecular formula is C6H12O4. The number of ether oxygens (including phenoxy) is 2. The van der Waals surface area contributed by atoms with Gasteiger partial charge in [0, 0.05) is 7.11 Å². The lowest BCUT2D eigenvalue weighted by molar-refractivity contribution is -0.142. The van der Waals surface area contributed by atoms with Crippen LogP contribution in [0.4, 0.5) is 0 Å². The molecule has 0 aromatic heterocycles. The number of carboxylic acids is 1. The Hall–Kier alpha value is -0.610. The van der Waals surface area contributed by atoms with Gasteiger partial charge in [0.25, 0.3) is 0 Å². The molecule has 0 aliphatic rings. The highest BCUT2D eigenvalue weighted by Crippen LogP contribution is 1.95. The van der Waals surface area contributed by atoms with Crippen molar-refractivity contribution < 1.29 is 19.4 Å². The summed E-state index contributed by atoms with van der Waals surface area (Å²) < 4.78 is 9.48. The van der Waals surface area contributed by atoms with Crippen LogP contribution < -0.4 is 0 Å². The first-order chi connectivity index (χ1) is 4.66. The Morgan fingerprint density at radius 2 is 2.30 bits per heavy atom. The Balaban J connectivity index is 3.25. The maximum Gasteiger partial charge on any atom is 0.305 e. The van der Waals surface area contributed by atoms with Crippen molar-refractivity contribution in [3.05, 3.63) is 0 Å². The van der Waals surface area contributed by atoms with E-state index >= 15 is 0 Å². The molecule has 0 bridgehead atoms. The van der Waals surface area contributed by atoms with Gasteiger partial charge in [0.05, 0.1) is 12.5 Å². The number of rotatable bonds is 5. The maximum absolute atomic E-state index is 10.1. The number of carboxylic acid groups (broad SMARTS) is 1. The molecule has 0 aromatic carbocycles. The van der Waals surface area contributed by atoms with Gasteiger partial charge in [-0.25, -0.2) is 0 Å². The molecule has 0 fully saturated rings. The number of carbonyl (C=O) groups is 1. The van der Waals surface area contributed by atoms with Crippen LogP contribution in [0, 0.1) is 0 Å². The molecule has 0 saturated heterocycles. The number of hydrogen-bond acceptors (Lipinski definition) is 3. The molecule has 0 unspecified atom stereocenters. The Morgan fingerprint density at radius 1 is 1.70 bits per heavy atom. The van der Waals surface area contributed by atoms with Gasteiger partial charge in [-0.1, -0.05) is 0 Å². The molecule has 0 aromatic rings. The normalized spacial score (nSPS) is 13.0. The van der Waals surface area contributed by atoms with Gasteiger partial charge in [-0.15, -0.1) is 0 Å². The molecule has 0 rings (SSSR count). The summed E-state index contributed by atoms with van der Waals surface area (Å²) >= 11 is 0. The van der Waals surface area contributed by atoms with Gasteiger partial charge in [-0.05, 0) is 6.92 Å². The molecule has 0 heterocycles. The number of hydrogen-bond donors (Lipinski definition) is 1. The van der Waals surface area contributed by atoms with Crippen molar-refractivity contribution in [2.24, 2.45) is 0 Å². The van der Waals surface area contributed by atoms with Crippen LogP contribution in [0.3, 0.4) is 0 Å². The fourth-order valence-electron chi connectivity index (χ4n) is 0.489. The molecule has 0 aliphatic heterocycles. The second-order valence-electron chi connectivity index (χ2n) is 1.98. The highest BCUT2D eigenvalue weighted by molar-refractivity contribution is 5.67. The van der Waals surface area contributed by atoms with E-state index in [9.17, 15) is 4.79 Å². The number of methoxy groups -OCH3 is 1. The maximum atomic E-state index is 10.1. The van der Waals surface area contributed by atoms with Crippen molar-refractivity contribution >= 4 is 5.97 Å². The first kappa shape index (κ1) is 9.39. The van der Waals surface area contributed by atoms with Crippen molar-refractivity contribution in [1.82, 2.24) is 0 Å². The summed E-state index contributed by atoms with van der Waals surface area (Å²) in [7, 11) is 1.49. The van der Waals surface area contributed by atoms with Crippen molar-refractivity contribution in [2.75, 3.05) is 13.9 Å². The smallest absolute Gasteiger partial charge is 0.305 e. The van der Waals surface area contributed by atoms with Crippen LogP contribution in [-0.4, -0.2) is 31.1 Å². The molecule has 0 radical (unpaired) electrons. The fraction of sp³-hybridized carbons (Fsp3) is 0.833. The van der Waals surface area contributed by atoms with Crippen molar-refractivity contribution in [1.29, 1.82) is 0 Å². The first-order valence-electron chi connectivity index (χ1n) is 2.99. The second kappa shape index (κ2) is 5.20. The molecule has 4 heteroatoms. The summed E-state index contributed by atoms with van der Waals surface area (Å²) in [6.07, 6.45) is -0.263. The van der Waals surface area contributed by atoms with Crippen LogP contribution in [0.25, 0.3) is 0 Å². The Kier molecular flexibility index (Phi) is 4.88. The van der Waals surface area contributed by atoms with Crippen LogP contribution in [0.5, 0.6) is 0 Å². The minimum Gasteiger partial charge on any atom is -0.481 e. The van der Waals surface area contributed by atoms with Crippen molar-refractivity contribution in [3.63, 3.8) is 0 Å². The van der Waals surface area contributed by atoms with Crippen LogP contribution in [0.1, 0.15) is 13.3 Å². The van der Waals surface area contributed by atoms with Gasteiger partial charge < -0.3 is 14.6 Å². The number of aliphatic carboxylic acids is 1. The Morgan fingerprint density at radius 3 is 2.70 bits per heavy atom. The second-order valence-corrected chi connectivity index (χ2v) is 1.98. The van der Waals surface area contributed by atoms with E-state index in [2.05, 4.69) is 4.74 Å². The van der Waals surface area contributed by atoms with E-state index in [4.69, 9.17) is 9.84 Å². The predicted octanol–water partition coefficient (Wildman–Crippen LogP) is 0.470. The summed E-state index contributed by atoms with van der Waals surface area (Å²) in [4.78, 5) is 10.1. The molecule has 1 atom stereocenters. The molecular weight excluding hydrogens is 136 g/mol. The molecule has 10 heavy (non-hydrogen) atoms. The van der Waals surface area contributed by atoms with Gasteiger partial charge in [0.15, 0.2) is 0 Å². The zero-order chi connectivity index (χ0) is 7.98. The third-order valence-electron chi connectivity index (χ3n) is 0.932. The average Bonchev–Trinajstić information content (AvgIpc) is 1.82. The van der Waals surface area contributed by atoms with E-state index in [0.29, 0.717) is 0 Å². The summed E-state index contributed by atoms with van der Waals surface area (Å²) in [6, 6.07) is 0. The van der Waals surface area contributed by atoms with Gasteiger partial charge in [0.1, 0.15) is 6.79 Å². The van der Waals surface area contributed by atoms with Gasteiger partial charge >= 0.3 is 5.97 Å². The van der Waals surface area contributed by atoms with Gasteiger partial charge in [-0.2, -0.15) is 0 Å². The summed E-state index contributed by atoms with van der Waals surface area (Å²) in [5, 5.41) is 8.26. The third kappa shape index (κ3) is 5.53. The van der Waals surface area contributed by atoms with Crippen molar-refractivity contribution in [2.45, 2.75) is 19.4 Å². The minimum atomic E-state index is -0.858. The van der Waals surface area contributed by atoms with Crippen LogP contribution in [-0.2, 0) is 14.3 Å². The molecule has 60 valence electrons. The first-order valence-corrected chi connectivity index (χ1v) is 2.99. The fourth-order valence-corrected chi connectivity index (χ4v) is 0.489. The van der Waals surface area contributed by atoms with Crippen LogP contribution >= 0.6 is 0 Å². The average molecular weight is 148 g/mol. The molecule has 4 nitrogen and oxygen atoms in total. The monoisotopic (exact) mass is 148 g/mol. The molecule has 0 saturated carbocycles. The third-order valence-corrected chi connectivity index (χ3v) is 0.932. The Labute approximate surface area is 59.7 Å². The largest absolute Gasteiger partial charge is 0.481 e. The lowest BCUT2D eigenvalue weighted by atomic mass is 10.3. The highest BCUT2D eigenvalue weighted by atomic mass is 16.7. The van der Waals surface area contributed by atoms with E-state index in [-0.39, 0.29) is 19.3 Å². The quantitative estimate of drug-likeness (QED) is 0.576. The lowest BCUT2D eigenvalue weighted by Crippen LogP contribution is -2.14. The zero-order valence-electron chi connectivity index (χ0n) is 6.16. The van der Waals surface area contributed by atoms with Gasteiger partial charge in [-0.3, -0.25) is 4.79 Å². The van der Waals surface area contributed by atoms with E-state index < -0.39 is 5.97 Å². The van der Waals surface area contributed by atoms with Gasteiger partial charge in [0.2, 0.25) is 0 Å². The highest BCUT2D eigenvalue weighted by Gasteiger charge is 2.06. The van der Waals surface area contributed by atoms with Crippen LogP contribution in [0.15, 0.2) is 0 Å². The van der Waals surface area contributed by atoms with Crippen LogP contribution in [0.2, 0.25) is 0 Å². The van der Waals surface area contributed by atoms with E-state index in [0.717, 1.165) is 0 Å². The molecule has 1 N–H and O–H groups in total. The van der Waals surface area contributed by atoms with E-state index in [1.54, 1.807) is 6.92 Å². The standard InChI is InChI=1S/C6H12O4/c1-5(3-6(7)8)10-4-9-2/h5H,3-4H2,1-2H3,(H,7,8)/t5-/m1/s1. The molecule has 0 amide bonds. The Bertz CT molecular complexity index is 102. The zero-order valence-corrected chi connectivity index (χ0v) is 6.16. The van der Waals surface area contributed by atoms with E-state index in [1.807, 2.05) is 0 Å². The molecule has 0 spiro atoms. The summed E-state index contributed by atoms with van der Waals surface area (Å²) in [5.74, 6) is -0.858.